The van der Waals surface area contributed by atoms with E-state index in [2.05, 4.69) is 4.74 Å². The Morgan fingerprint density at radius 2 is 1.70 bits per heavy atom. The highest BCUT2D eigenvalue weighted by Gasteiger charge is 2.48. The molecule has 146 valence electrons. The molecule has 0 spiro atoms. The van der Waals surface area contributed by atoms with E-state index in [1.54, 1.807) is 19.2 Å². The van der Waals surface area contributed by atoms with Crippen LogP contribution < -0.4 is 4.74 Å². The number of hydrogen-bond acceptors (Lipinski definition) is 4. The minimum absolute atomic E-state index is 0.0404. The minimum atomic E-state index is -2.89. The van der Waals surface area contributed by atoms with Crippen LogP contribution in [0, 0.1) is 11.8 Å². The van der Waals surface area contributed by atoms with Gasteiger partial charge in [-0.1, -0.05) is 25.0 Å². The van der Waals surface area contributed by atoms with Crippen molar-refractivity contribution in [3.63, 3.8) is 0 Å². The summed E-state index contributed by atoms with van der Waals surface area (Å²) in [6.45, 7) is -2.91. The number of likely N-dealkylation sites (N-methyl/N-ethyl adjacent to an activating group) is 1. The molecule has 8 heteroatoms. The highest BCUT2D eigenvalue weighted by atomic mass is 19.3. The molecule has 6 nitrogen and oxygen atoms in total. The molecule has 27 heavy (non-hydrogen) atoms. The minimum Gasteiger partial charge on any atom is -0.435 e. The molecule has 1 saturated carbocycles. The number of benzene rings is 1. The normalized spacial score (nSPS) is 22.1. The van der Waals surface area contributed by atoms with Crippen molar-refractivity contribution in [1.82, 2.24) is 9.80 Å². The molecule has 1 aromatic carbocycles. The number of fused-ring (bicyclic) bond motifs is 1. The Bertz CT molecular complexity index is 699. The first kappa shape index (κ1) is 19.3. The van der Waals surface area contributed by atoms with Crippen LogP contribution in [0.5, 0.6) is 5.75 Å². The van der Waals surface area contributed by atoms with Crippen molar-refractivity contribution in [3.05, 3.63) is 29.8 Å². The smallest absolute Gasteiger partial charge is 0.387 e. The van der Waals surface area contributed by atoms with Crippen LogP contribution in [0.2, 0.25) is 0 Å². The van der Waals surface area contributed by atoms with Gasteiger partial charge in [-0.25, -0.2) is 0 Å². The first-order chi connectivity index (χ1) is 12.9. The van der Waals surface area contributed by atoms with Crippen molar-refractivity contribution in [2.75, 3.05) is 13.6 Å². The maximum absolute atomic E-state index is 12.5. The molecule has 1 aliphatic carbocycles. The number of imide groups is 1. The lowest BCUT2D eigenvalue weighted by Gasteiger charge is -2.21. The third-order valence-electron chi connectivity index (χ3n) is 5.22. The summed E-state index contributed by atoms with van der Waals surface area (Å²) in [6.07, 6.45) is 3.30. The lowest BCUT2D eigenvalue weighted by Crippen LogP contribution is -2.41. The van der Waals surface area contributed by atoms with Gasteiger partial charge >= 0.3 is 6.61 Å². The molecule has 2 unspecified atom stereocenters. The molecule has 0 N–H and O–H groups in total. The molecule has 0 aromatic heterocycles. The zero-order chi connectivity index (χ0) is 19.6. The largest absolute Gasteiger partial charge is 0.435 e. The molecule has 2 fully saturated rings. The Labute approximate surface area is 156 Å². The monoisotopic (exact) mass is 380 g/mol. The van der Waals surface area contributed by atoms with E-state index in [0.717, 1.165) is 23.3 Å². The lowest BCUT2D eigenvalue weighted by molar-refractivity contribution is -0.146. The Morgan fingerprint density at radius 1 is 1.15 bits per heavy atom. The molecule has 1 aromatic rings. The Balaban J connectivity index is 1.57. The van der Waals surface area contributed by atoms with E-state index >= 15 is 0 Å². The van der Waals surface area contributed by atoms with Crippen LogP contribution in [-0.2, 0) is 20.9 Å². The zero-order valence-corrected chi connectivity index (χ0v) is 15.1. The van der Waals surface area contributed by atoms with Gasteiger partial charge in [0.05, 0.1) is 11.8 Å². The van der Waals surface area contributed by atoms with Gasteiger partial charge in [0.15, 0.2) is 0 Å². The number of ether oxygens (including phenoxy) is 1. The summed E-state index contributed by atoms with van der Waals surface area (Å²) in [5.41, 5.74) is 0.722. The third-order valence-corrected chi connectivity index (χ3v) is 5.22. The van der Waals surface area contributed by atoms with Crippen molar-refractivity contribution < 1.29 is 27.9 Å². The summed E-state index contributed by atoms with van der Waals surface area (Å²) < 4.78 is 28.6. The second kappa shape index (κ2) is 8.02. The molecular formula is C19H22F2N2O4. The van der Waals surface area contributed by atoms with Gasteiger partial charge in [-0.2, -0.15) is 8.78 Å². The summed E-state index contributed by atoms with van der Waals surface area (Å²) in [6, 6.07) is 5.97. The first-order valence-corrected chi connectivity index (χ1v) is 8.99. The van der Waals surface area contributed by atoms with Crippen LogP contribution in [0.3, 0.4) is 0 Å². The standard InChI is InChI=1S/C19H22F2N2O4/c1-22(10-12-6-8-13(9-7-12)27-19(20)21)16(24)11-23-17(25)14-4-2-3-5-15(14)18(23)26/h6-9,14-15,19H,2-5,10-11H2,1H3. The fourth-order valence-corrected chi connectivity index (χ4v) is 3.78. The number of amides is 3. The summed E-state index contributed by atoms with van der Waals surface area (Å²) in [7, 11) is 1.57. The predicted octanol–water partition coefficient (Wildman–Crippen LogP) is 2.42. The first-order valence-electron chi connectivity index (χ1n) is 8.99. The van der Waals surface area contributed by atoms with Crippen LogP contribution in [0.25, 0.3) is 0 Å². The number of rotatable bonds is 6. The molecule has 2 aliphatic rings. The van der Waals surface area contributed by atoms with E-state index in [1.807, 2.05) is 0 Å². The molecule has 0 bridgehead atoms. The Kier molecular flexibility index (Phi) is 5.72. The average Bonchev–Trinajstić information content (AvgIpc) is 2.88. The molecule has 3 amide bonds. The van der Waals surface area contributed by atoms with E-state index < -0.39 is 6.61 Å². The van der Waals surface area contributed by atoms with Gasteiger partial charge in [-0.15, -0.1) is 0 Å². The number of halogens is 2. The van der Waals surface area contributed by atoms with E-state index in [1.165, 1.54) is 17.0 Å². The van der Waals surface area contributed by atoms with Gasteiger partial charge in [0.1, 0.15) is 12.3 Å². The van der Waals surface area contributed by atoms with Crippen molar-refractivity contribution in [1.29, 1.82) is 0 Å². The van der Waals surface area contributed by atoms with Crippen LogP contribution >= 0.6 is 0 Å². The lowest BCUT2D eigenvalue weighted by atomic mass is 9.81. The molecule has 1 heterocycles. The van der Waals surface area contributed by atoms with Gasteiger partial charge in [0.25, 0.3) is 0 Å². The summed E-state index contributed by atoms with van der Waals surface area (Å²) in [5, 5.41) is 0. The zero-order valence-electron chi connectivity index (χ0n) is 15.1. The van der Waals surface area contributed by atoms with Crippen molar-refractivity contribution >= 4 is 17.7 Å². The summed E-state index contributed by atoms with van der Waals surface area (Å²) in [4.78, 5) is 39.9. The van der Waals surface area contributed by atoms with Crippen LogP contribution in [0.1, 0.15) is 31.2 Å². The predicted molar refractivity (Wildman–Crippen MR) is 91.7 cm³/mol. The third kappa shape index (κ3) is 4.26. The van der Waals surface area contributed by atoms with Gasteiger partial charge < -0.3 is 9.64 Å². The van der Waals surface area contributed by atoms with Gasteiger partial charge in [0, 0.05) is 13.6 Å². The number of carbonyl (C=O) groups excluding carboxylic acids is 3. The van der Waals surface area contributed by atoms with E-state index in [-0.39, 0.29) is 48.4 Å². The van der Waals surface area contributed by atoms with E-state index in [4.69, 9.17) is 0 Å². The fraction of sp³-hybridized carbons (Fsp3) is 0.526. The molecule has 0 radical (unpaired) electrons. The number of hydrogen-bond donors (Lipinski definition) is 0. The number of likely N-dealkylation sites (tertiary alicyclic amines) is 1. The summed E-state index contributed by atoms with van der Waals surface area (Å²) >= 11 is 0. The topological polar surface area (TPSA) is 66.9 Å². The van der Waals surface area contributed by atoms with Crippen LogP contribution in [-0.4, -0.2) is 47.7 Å². The second-order valence-corrected chi connectivity index (χ2v) is 7.03. The van der Waals surface area contributed by atoms with Gasteiger partial charge in [-0.3, -0.25) is 19.3 Å². The highest BCUT2D eigenvalue weighted by Crippen LogP contribution is 2.37. The fourth-order valence-electron chi connectivity index (χ4n) is 3.78. The number of alkyl halides is 2. The van der Waals surface area contributed by atoms with Crippen molar-refractivity contribution in [2.24, 2.45) is 11.8 Å². The Hall–Kier alpha value is -2.51. The van der Waals surface area contributed by atoms with Gasteiger partial charge in [-0.05, 0) is 30.5 Å². The molecule has 3 rings (SSSR count). The molecule has 1 aliphatic heterocycles. The summed E-state index contributed by atoms with van der Waals surface area (Å²) in [5.74, 6) is -1.32. The van der Waals surface area contributed by atoms with E-state index in [0.29, 0.717) is 12.8 Å². The number of nitrogens with zero attached hydrogens (tertiary/aromatic N) is 2. The highest BCUT2D eigenvalue weighted by molar-refractivity contribution is 6.07. The maximum Gasteiger partial charge on any atom is 0.387 e. The van der Waals surface area contributed by atoms with E-state index in [9.17, 15) is 23.2 Å². The molecule has 2 atom stereocenters. The molecular weight excluding hydrogens is 358 g/mol. The number of carbonyl (C=O) groups is 3. The van der Waals surface area contributed by atoms with Crippen molar-refractivity contribution in [2.45, 2.75) is 38.8 Å². The van der Waals surface area contributed by atoms with Gasteiger partial charge in [0.2, 0.25) is 17.7 Å². The SMILES string of the molecule is CN(Cc1ccc(OC(F)F)cc1)C(=O)CN1C(=O)C2CCCCC2C1=O. The van der Waals surface area contributed by atoms with Crippen LogP contribution in [0.15, 0.2) is 24.3 Å². The second-order valence-electron chi connectivity index (χ2n) is 7.03. The van der Waals surface area contributed by atoms with Crippen molar-refractivity contribution in [3.8, 4) is 5.75 Å². The average molecular weight is 380 g/mol. The van der Waals surface area contributed by atoms with Crippen LogP contribution in [0.4, 0.5) is 8.78 Å². The molecule has 1 saturated heterocycles. The maximum atomic E-state index is 12.5. The quantitative estimate of drug-likeness (QED) is 0.711. The Morgan fingerprint density at radius 3 is 2.22 bits per heavy atom.